The zero-order valence-electron chi connectivity index (χ0n) is 5.80. The van der Waals surface area contributed by atoms with Crippen molar-refractivity contribution >= 4 is 6.47 Å². The quantitative estimate of drug-likeness (QED) is 0.358. The van der Waals surface area contributed by atoms with E-state index in [0.29, 0.717) is 6.47 Å². The average molecular weight is 119 g/mol. The van der Waals surface area contributed by atoms with Crippen molar-refractivity contribution in [2.24, 2.45) is 0 Å². The largest absolute Gasteiger partial charge is 0.665 e. The van der Waals surface area contributed by atoms with Crippen LogP contribution in [0.3, 0.4) is 0 Å². The van der Waals surface area contributed by atoms with Gasteiger partial charge < -0.3 is 14.4 Å². The van der Waals surface area contributed by atoms with E-state index in [1.54, 1.807) is 0 Å². The van der Waals surface area contributed by atoms with E-state index in [0.717, 1.165) is 4.48 Å². The number of aliphatic hydroxyl groups excluding tert-OH is 1. The molecule has 0 rings (SSSR count). The van der Waals surface area contributed by atoms with Crippen molar-refractivity contribution in [2.75, 3.05) is 28.2 Å². The van der Waals surface area contributed by atoms with Crippen molar-refractivity contribution < 1.29 is 14.4 Å². The molecule has 8 heavy (non-hydrogen) atoms. The summed E-state index contributed by atoms with van der Waals surface area (Å²) >= 11 is 0. The molecule has 0 radical (unpaired) electrons. The lowest BCUT2D eigenvalue weighted by atomic mass is 10.8. The molecule has 0 saturated carbocycles. The van der Waals surface area contributed by atoms with Gasteiger partial charge in [-0.3, -0.25) is 0 Å². The van der Waals surface area contributed by atoms with Crippen LogP contribution < -0.4 is 0 Å². The highest BCUT2D eigenvalue weighted by Crippen LogP contribution is 1.73. The van der Waals surface area contributed by atoms with E-state index in [4.69, 9.17) is 9.90 Å². The van der Waals surface area contributed by atoms with Gasteiger partial charge in [-0.1, -0.05) is 6.47 Å². The summed E-state index contributed by atoms with van der Waals surface area (Å²) in [5.41, 5.74) is 0. The molecule has 0 atom stereocenters. The van der Waals surface area contributed by atoms with Crippen LogP contribution in [0.2, 0.25) is 0 Å². The summed E-state index contributed by atoms with van der Waals surface area (Å²) in [4.78, 5) is 8.24. The summed E-state index contributed by atoms with van der Waals surface area (Å²) in [6.45, 7) is 0.500. The van der Waals surface area contributed by atoms with Gasteiger partial charge in [-0.25, -0.2) is 0 Å². The van der Waals surface area contributed by atoms with Crippen LogP contribution in [0.15, 0.2) is 0 Å². The van der Waals surface area contributed by atoms with Crippen molar-refractivity contribution in [1.82, 2.24) is 0 Å². The van der Waals surface area contributed by atoms with Gasteiger partial charge in [0.2, 0.25) is 0 Å². The van der Waals surface area contributed by atoms with E-state index in [-0.39, 0.29) is 0 Å². The molecule has 3 heteroatoms. The van der Waals surface area contributed by atoms with Crippen molar-refractivity contribution in [2.45, 2.75) is 0 Å². The molecule has 3 nitrogen and oxygen atoms in total. The van der Waals surface area contributed by atoms with E-state index in [9.17, 15) is 0 Å². The monoisotopic (exact) mass is 119 g/mol. The van der Waals surface area contributed by atoms with Crippen LogP contribution in [0.1, 0.15) is 0 Å². The molecule has 0 aliphatic carbocycles. The van der Waals surface area contributed by atoms with Crippen LogP contribution in [0.25, 0.3) is 0 Å². The molecule has 0 amide bonds. The Hall–Kier alpha value is -0.570. The van der Waals surface area contributed by atoms with Gasteiger partial charge in [0.05, 0.1) is 28.2 Å². The van der Waals surface area contributed by atoms with Gasteiger partial charge in [-0.2, -0.15) is 0 Å². The van der Waals surface area contributed by atoms with Crippen LogP contribution in [-0.4, -0.2) is 44.3 Å². The van der Waals surface area contributed by atoms with Gasteiger partial charge >= 0.3 is 0 Å². The second kappa shape index (κ2) is 4.59. The van der Waals surface area contributed by atoms with Gasteiger partial charge in [0.15, 0.2) is 0 Å². The molecule has 0 saturated heterocycles. The van der Waals surface area contributed by atoms with E-state index in [1.807, 2.05) is 0 Å². The lowest BCUT2D eigenvalue weighted by Crippen LogP contribution is -2.27. The average Bonchev–Trinajstić information content (AvgIpc) is 1.27. The topological polar surface area (TPSA) is 37.3 Å². The second-order valence-electron chi connectivity index (χ2n) is 2.77. The van der Waals surface area contributed by atoms with Gasteiger partial charge in [-0.05, 0) is 0 Å². The first-order valence-corrected chi connectivity index (χ1v) is 2.22. The third-order valence-corrected chi connectivity index (χ3v) is 0. The molecule has 0 aliphatic heterocycles. The first-order chi connectivity index (χ1) is 3.41. The fourth-order valence-corrected chi connectivity index (χ4v) is 0. The second-order valence-corrected chi connectivity index (χ2v) is 2.77. The summed E-state index contributed by atoms with van der Waals surface area (Å²) in [7, 11) is 8.50. The molecule has 0 aromatic rings. The summed E-state index contributed by atoms with van der Waals surface area (Å²) in [5, 5.41) is 6.76. The van der Waals surface area contributed by atoms with Crippen LogP contribution in [0, 0.1) is 0 Å². The SMILES string of the molecule is C[N+](C)(C)C.O=[C-]O. The minimum absolute atomic E-state index is 0.500. The predicted molar refractivity (Wildman–Crippen MR) is 32.3 cm³/mol. The fourth-order valence-electron chi connectivity index (χ4n) is 0. The molecule has 0 heterocycles. The Labute approximate surface area is 50.1 Å². The predicted octanol–water partition coefficient (Wildman–Crippen LogP) is -0.0660. The molecule has 0 bridgehead atoms. The summed E-state index contributed by atoms with van der Waals surface area (Å²) in [5.74, 6) is 0. The highest BCUT2D eigenvalue weighted by atomic mass is 16.3. The Morgan fingerprint density at radius 2 is 1.25 bits per heavy atom. The zero-order valence-corrected chi connectivity index (χ0v) is 5.80. The van der Waals surface area contributed by atoms with Crippen LogP contribution in [-0.2, 0) is 4.79 Å². The van der Waals surface area contributed by atoms with Gasteiger partial charge in [0, 0.05) is 0 Å². The number of quaternary nitrogens is 1. The Morgan fingerprint density at radius 1 is 1.25 bits per heavy atom. The first-order valence-electron chi connectivity index (χ1n) is 2.22. The van der Waals surface area contributed by atoms with Crippen LogP contribution in [0.5, 0.6) is 0 Å². The Bertz CT molecular complexity index is 49.9. The van der Waals surface area contributed by atoms with Gasteiger partial charge in [0.1, 0.15) is 0 Å². The number of rotatable bonds is 0. The highest BCUT2D eigenvalue weighted by Gasteiger charge is 1.88. The lowest BCUT2D eigenvalue weighted by molar-refractivity contribution is -0.849. The van der Waals surface area contributed by atoms with Crippen molar-refractivity contribution in [1.29, 1.82) is 0 Å². The van der Waals surface area contributed by atoms with Crippen molar-refractivity contribution in [3.05, 3.63) is 0 Å². The molecule has 1 N–H and O–H groups in total. The molecule has 0 aliphatic rings. The molecule has 0 fully saturated rings. The minimum atomic E-state index is 0.500. The van der Waals surface area contributed by atoms with Crippen molar-refractivity contribution in [3.63, 3.8) is 0 Å². The molecule has 0 spiro atoms. The van der Waals surface area contributed by atoms with Gasteiger partial charge in [-0.15, -0.1) is 0 Å². The van der Waals surface area contributed by atoms with E-state index in [2.05, 4.69) is 28.2 Å². The fraction of sp³-hybridized carbons (Fsp3) is 0.800. The third kappa shape index (κ3) is 328. The maximum atomic E-state index is 8.24. The Balaban J connectivity index is 0. The van der Waals surface area contributed by atoms with E-state index >= 15 is 0 Å². The Morgan fingerprint density at radius 3 is 1.25 bits per heavy atom. The molecule has 0 unspecified atom stereocenters. The molecule has 50 valence electrons. The van der Waals surface area contributed by atoms with Crippen LogP contribution in [0.4, 0.5) is 0 Å². The van der Waals surface area contributed by atoms with E-state index < -0.39 is 0 Å². The third-order valence-electron chi connectivity index (χ3n) is 0. The standard InChI is InChI=1S/C4H12N.CHO2/c1-5(2,3)4;2-1-3/h1-4H3;(H,2,3)/q+1;-1. The minimum Gasteiger partial charge on any atom is -0.665 e. The lowest BCUT2D eigenvalue weighted by Gasteiger charge is -2.14. The maximum absolute atomic E-state index is 8.24. The number of hydrogen-bond acceptors (Lipinski definition) is 1. The molecule has 0 aromatic heterocycles. The normalized spacial score (nSPS) is 9.00. The highest BCUT2D eigenvalue weighted by molar-refractivity contribution is 5.34. The smallest absolute Gasteiger partial charge is 0.0675 e. The number of nitrogens with zero attached hydrogens (tertiary/aromatic N) is 1. The molecular weight excluding hydrogens is 106 g/mol. The molecular formula is C5H13NO2. The Kier molecular flexibility index (Phi) is 5.97. The zero-order chi connectivity index (χ0) is 7.21. The van der Waals surface area contributed by atoms with E-state index in [1.165, 1.54) is 0 Å². The summed E-state index contributed by atoms with van der Waals surface area (Å²) < 4.78 is 1.00. The molecule has 0 aromatic carbocycles. The number of hydrogen-bond donors (Lipinski definition) is 1. The maximum Gasteiger partial charge on any atom is 0.0675 e. The first kappa shape index (κ1) is 10.4. The van der Waals surface area contributed by atoms with Crippen LogP contribution >= 0.6 is 0 Å². The van der Waals surface area contributed by atoms with Crippen molar-refractivity contribution in [3.8, 4) is 0 Å². The summed E-state index contributed by atoms with van der Waals surface area (Å²) in [6.07, 6.45) is 0. The van der Waals surface area contributed by atoms with Gasteiger partial charge in [0.25, 0.3) is 0 Å². The summed E-state index contributed by atoms with van der Waals surface area (Å²) in [6, 6.07) is 0.